The van der Waals surface area contributed by atoms with Crippen LogP contribution in [0.5, 0.6) is 0 Å². The summed E-state index contributed by atoms with van der Waals surface area (Å²) in [6, 6.07) is 9.64. The normalized spacial score (nSPS) is 11.0. The van der Waals surface area contributed by atoms with E-state index in [0.29, 0.717) is 12.1 Å². The molecule has 0 saturated heterocycles. The summed E-state index contributed by atoms with van der Waals surface area (Å²) in [7, 11) is 3.61. The number of imidazole rings is 1. The Morgan fingerprint density at radius 3 is 2.81 bits per heavy atom. The van der Waals surface area contributed by atoms with Gasteiger partial charge in [-0.05, 0) is 18.2 Å². The Morgan fingerprint density at radius 2 is 2.04 bits per heavy atom. The zero-order valence-corrected chi connectivity index (χ0v) is 14.5. The lowest BCUT2D eigenvalue weighted by atomic mass is 10.1. The van der Waals surface area contributed by atoms with Crippen molar-refractivity contribution in [3.8, 4) is 11.1 Å². The van der Waals surface area contributed by atoms with Crippen molar-refractivity contribution in [2.24, 2.45) is 7.05 Å². The molecule has 3 aromatic heterocycles. The van der Waals surface area contributed by atoms with Crippen molar-refractivity contribution < 1.29 is 4.79 Å². The molecule has 7 nitrogen and oxygen atoms in total. The maximum atomic E-state index is 12.8. The molecule has 0 aliphatic carbocycles. The first-order chi connectivity index (χ1) is 12.6. The molecule has 4 aromatic rings. The Kier molecular flexibility index (Phi) is 3.96. The van der Waals surface area contributed by atoms with Gasteiger partial charge >= 0.3 is 0 Å². The van der Waals surface area contributed by atoms with E-state index < -0.39 is 0 Å². The van der Waals surface area contributed by atoms with Crippen LogP contribution in [-0.2, 0) is 13.6 Å². The van der Waals surface area contributed by atoms with Gasteiger partial charge in [0.15, 0.2) is 0 Å². The van der Waals surface area contributed by atoms with E-state index in [1.807, 2.05) is 43.6 Å². The van der Waals surface area contributed by atoms with Crippen LogP contribution in [0.15, 0.2) is 55.1 Å². The monoisotopic (exact) mass is 346 g/mol. The fourth-order valence-corrected chi connectivity index (χ4v) is 2.88. The molecule has 0 aliphatic heterocycles. The fraction of sp³-hybridized carbons (Fsp3) is 0.158. The van der Waals surface area contributed by atoms with Crippen molar-refractivity contribution in [2.45, 2.75) is 6.54 Å². The predicted molar refractivity (Wildman–Crippen MR) is 98.3 cm³/mol. The predicted octanol–water partition coefficient (Wildman–Crippen LogP) is 2.63. The van der Waals surface area contributed by atoms with Crippen molar-refractivity contribution >= 4 is 16.9 Å². The number of aromatic amines is 1. The van der Waals surface area contributed by atoms with Gasteiger partial charge in [0.1, 0.15) is 5.82 Å². The van der Waals surface area contributed by atoms with Gasteiger partial charge in [0.05, 0.1) is 29.3 Å². The second-order valence-electron chi connectivity index (χ2n) is 6.23. The van der Waals surface area contributed by atoms with Gasteiger partial charge in [0, 0.05) is 43.8 Å². The Labute approximate surface area is 150 Å². The molecule has 0 aliphatic rings. The number of nitrogens with one attached hydrogen (secondary N) is 1. The summed E-state index contributed by atoms with van der Waals surface area (Å²) >= 11 is 0. The molecule has 0 fully saturated rings. The molecule has 4 rings (SSSR count). The number of carbonyl (C=O) groups is 1. The summed E-state index contributed by atoms with van der Waals surface area (Å²) in [4.78, 5) is 26.4. The summed E-state index contributed by atoms with van der Waals surface area (Å²) in [6.45, 7) is 0.393. The zero-order valence-electron chi connectivity index (χ0n) is 14.5. The minimum atomic E-state index is -0.108. The van der Waals surface area contributed by atoms with Crippen molar-refractivity contribution in [3.05, 3.63) is 66.5 Å². The van der Waals surface area contributed by atoms with Gasteiger partial charge in [0.25, 0.3) is 5.91 Å². The Bertz CT molecular complexity index is 1050. The van der Waals surface area contributed by atoms with Gasteiger partial charge in [-0.2, -0.15) is 5.10 Å². The number of aromatic nitrogens is 5. The summed E-state index contributed by atoms with van der Waals surface area (Å²) < 4.78 is 1.72. The Morgan fingerprint density at radius 1 is 1.19 bits per heavy atom. The number of hydrogen-bond acceptors (Lipinski definition) is 4. The van der Waals surface area contributed by atoms with Crippen molar-refractivity contribution in [1.29, 1.82) is 0 Å². The summed E-state index contributed by atoms with van der Waals surface area (Å²) in [5.41, 5.74) is 4.17. The number of amides is 1. The third-order valence-electron chi connectivity index (χ3n) is 4.20. The molecule has 0 atom stereocenters. The van der Waals surface area contributed by atoms with Crippen LogP contribution in [0, 0.1) is 0 Å². The van der Waals surface area contributed by atoms with Gasteiger partial charge in [-0.1, -0.05) is 12.1 Å². The minimum absolute atomic E-state index is 0.108. The molecule has 0 unspecified atom stereocenters. The number of pyridine rings is 1. The third-order valence-corrected chi connectivity index (χ3v) is 4.20. The SMILES string of the molecule is CN(Cc1nc2ccccc2[nH]1)C(=O)c1cncc(-c2cnn(C)c2)c1. The number of benzene rings is 1. The van der Waals surface area contributed by atoms with Crippen LogP contribution in [0.4, 0.5) is 0 Å². The topological polar surface area (TPSA) is 79.7 Å². The molecule has 0 radical (unpaired) electrons. The van der Waals surface area contributed by atoms with Crippen LogP contribution in [0.2, 0.25) is 0 Å². The molecule has 0 spiro atoms. The number of hydrogen-bond donors (Lipinski definition) is 1. The summed E-state index contributed by atoms with van der Waals surface area (Å²) in [6.07, 6.45) is 6.96. The first kappa shape index (κ1) is 16.0. The summed E-state index contributed by atoms with van der Waals surface area (Å²) in [5, 5.41) is 4.16. The lowest BCUT2D eigenvalue weighted by Crippen LogP contribution is -2.26. The van der Waals surface area contributed by atoms with E-state index >= 15 is 0 Å². The Balaban J connectivity index is 1.54. The van der Waals surface area contributed by atoms with E-state index in [0.717, 1.165) is 28.0 Å². The van der Waals surface area contributed by atoms with E-state index in [9.17, 15) is 4.79 Å². The van der Waals surface area contributed by atoms with Crippen molar-refractivity contribution in [2.75, 3.05) is 7.05 Å². The number of aryl methyl sites for hydroxylation is 1. The van der Waals surface area contributed by atoms with Gasteiger partial charge < -0.3 is 9.88 Å². The second kappa shape index (κ2) is 6.44. The molecule has 0 saturated carbocycles. The van der Waals surface area contributed by atoms with Crippen LogP contribution in [0.25, 0.3) is 22.2 Å². The smallest absolute Gasteiger partial charge is 0.255 e. The van der Waals surface area contributed by atoms with Crippen LogP contribution in [0.3, 0.4) is 0 Å². The molecular weight excluding hydrogens is 328 g/mol. The molecule has 7 heteroatoms. The second-order valence-corrected chi connectivity index (χ2v) is 6.23. The van der Waals surface area contributed by atoms with E-state index in [-0.39, 0.29) is 5.91 Å². The molecule has 26 heavy (non-hydrogen) atoms. The van der Waals surface area contributed by atoms with E-state index in [2.05, 4.69) is 20.1 Å². The first-order valence-electron chi connectivity index (χ1n) is 8.23. The quantitative estimate of drug-likeness (QED) is 0.616. The van der Waals surface area contributed by atoms with Crippen molar-refractivity contribution in [1.82, 2.24) is 29.6 Å². The Hall–Kier alpha value is -3.48. The number of para-hydroxylation sites is 2. The van der Waals surface area contributed by atoms with Crippen LogP contribution in [-0.4, -0.2) is 42.6 Å². The number of carbonyl (C=O) groups excluding carboxylic acids is 1. The number of H-pyrrole nitrogens is 1. The third kappa shape index (κ3) is 3.06. The van der Waals surface area contributed by atoms with Gasteiger partial charge in [-0.25, -0.2) is 4.98 Å². The molecular formula is C19H18N6O. The highest BCUT2D eigenvalue weighted by atomic mass is 16.2. The lowest BCUT2D eigenvalue weighted by molar-refractivity contribution is 0.0781. The van der Waals surface area contributed by atoms with E-state index in [1.54, 1.807) is 35.2 Å². The van der Waals surface area contributed by atoms with E-state index in [1.165, 1.54) is 0 Å². The molecule has 3 heterocycles. The van der Waals surface area contributed by atoms with Crippen LogP contribution in [0.1, 0.15) is 16.2 Å². The largest absolute Gasteiger partial charge is 0.340 e. The molecule has 1 N–H and O–H groups in total. The van der Waals surface area contributed by atoms with Gasteiger partial charge in [0.2, 0.25) is 0 Å². The number of rotatable bonds is 4. The zero-order chi connectivity index (χ0) is 18.1. The lowest BCUT2D eigenvalue weighted by Gasteiger charge is -2.15. The number of nitrogens with zero attached hydrogens (tertiary/aromatic N) is 5. The minimum Gasteiger partial charge on any atom is -0.340 e. The highest BCUT2D eigenvalue weighted by Crippen LogP contribution is 2.19. The fourth-order valence-electron chi connectivity index (χ4n) is 2.88. The highest BCUT2D eigenvalue weighted by molar-refractivity contribution is 5.94. The van der Waals surface area contributed by atoms with Crippen LogP contribution < -0.4 is 0 Å². The average Bonchev–Trinajstić information content (AvgIpc) is 3.26. The van der Waals surface area contributed by atoms with Gasteiger partial charge in [-0.15, -0.1) is 0 Å². The standard InChI is InChI=1S/C19H18N6O/c1-24(12-18-22-16-5-3-4-6-17(16)23-18)19(26)14-7-13(8-20-9-14)15-10-21-25(2)11-15/h3-11H,12H2,1-2H3,(H,22,23). The van der Waals surface area contributed by atoms with E-state index in [4.69, 9.17) is 0 Å². The molecule has 1 amide bonds. The first-order valence-corrected chi connectivity index (χ1v) is 8.23. The highest BCUT2D eigenvalue weighted by Gasteiger charge is 2.15. The van der Waals surface area contributed by atoms with Crippen LogP contribution >= 0.6 is 0 Å². The number of fused-ring (bicyclic) bond motifs is 1. The van der Waals surface area contributed by atoms with Gasteiger partial charge in [-0.3, -0.25) is 14.5 Å². The molecule has 1 aromatic carbocycles. The molecule has 0 bridgehead atoms. The van der Waals surface area contributed by atoms with Crippen molar-refractivity contribution in [3.63, 3.8) is 0 Å². The average molecular weight is 346 g/mol. The summed E-state index contributed by atoms with van der Waals surface area (Å²) in [5.74, 6) is 0.641. The molecule has 130 valence electrons. The maximum absolute atomic E-state index is 12.8. The maximum Gasteiger partial charge on any atom is 0.255 e.